The summed E-state index contributed by atoms with van der Waals surface area (Å²) >= 11 is 0. The van der Waals surface area contributed by atoms with Crippen LogP contribution in [0.2, 0.25) is 11.1 Å². The van der Waals surface area contributed by atoms with E-state index in [4.69, 9.17) is 0 Å². The van der Waals surface area contributed by atoms with Crippen LogP contribution >= 0.6 is 0 Å². The van der Waals surface area contributed by atoms with Crippen LogP contribution in [0.15, 0.2) is 60.2 Å². The van der Waals surface area contributed by atoms with Gasteiger partial charge in [-0.3, -0.25) is 0 Å². The van der Waals surface area contributed by atoms with Gasteiger partial charge in [-0.25, -0.2) is 0 Å². The molecule has 2 aliphatic carbocycles. The maximum Gasteiger partial charge on any atom is 0.0513 e. The molecule has 0 N–H and O–H groups in total. The monoisotopic (exact) mass is 410 g/mol. The van der Waals surface area contributed by atoms with Crippen LogP contribution in [0.5, 0.6) is 0 Å². The average Bonchev–Trinajstić information content (AvgIpc) is 3.26. The van der Waals surface area contributed by atoms with Gasteiger partial charge in [0.05, 0.1) is 9.52 Å². The Labute approximate surface area is 185 Å². The van der Waals surface area contributed by atoms with E-state index >= 15 is 0 Å². The normalized spacial score (nSPS) is 23.2. The lowest BCUT2D eigenvalue weighted by molar-refractivity contribution is 0.580. The standard InChI is InChI=1S/C29H34Si/c1-28(2,3)19-11-13-21-23(15-19)24-16-20(29(4,5)6)12-14-22(24)27(21)26-17-25(30-26)18-9-7-8-10-18/h7-9,11-16,25-27H,10,17H2,1-6H3. The second-order valence-electron chi connectivity index (χ2n) is 11.5. The zero-order valence-electron chi connectivity index (χ0n) is 19.3. The van der Waals surface area contributed by atoms with Crippen molar-refractivity contribution in [1.82, 2.24) is 0 Å². The van der Waals surface area contributed by atoms with E-state index in [-0.39, 0.29) is 10.8 Å². The Morgan fingerprint density at radius 3 is 1.77 bits per heavy atom. The van der Waals surface area contributed by atoms with Gasteiger partial charge in [-0.15, -0.1) is 0 Å². The van der Waals surface area contributed by atoms with Crippen LogP contribution in [0.4, 0.5) is 0 Å². The molecule has 1 heteroatoms. The lowest BCUT2D eigenvalue weighted by atomic mass is 9.83. The minimum atomic E-state index is 0.181. The number of allylic oxidation sites excluding steroid dienone is 4. The lowest BCUT2D eigenvalue weighted by Crippen LogP contribution is -2.30. The Morgan fingerprint density at radius 1 is 0.800 bits per heavy atom. The number of fused-ring (bicyclic) bond motifs is 3. The smallest absolute Gasteiger partial charge is 0.0513 e. The molecule has 2 radical (unpaired) electrons. The Kier molecular flexibility index (Phi) is 4.56. The molecule has 0 amide bonds. The summed E-state index contributed by atoms with van der Waals surface area (Å²) in [5.41, 5.74) is 12.7. The van der Waals surface area contributed by atoms with E-state index in [0.29, 0.717) is 5.92 Å². The molecule has 0 bridgehead atoms. The fourth-order valence-corrected chi connectivity index (χ4v) is 7.18. The molecule has 5 rings (SSSR count). The van der Waals surface area contributed by atoms with E-state index < -0.39 is 0 Å². The second kappa shape index (κ2) is 6.82. The fourth-order valence-electron chi connectivity index (χ4n) is 5.36. The van der Waals surface area contributed by atoms with Gasteiger partial charge >= 0.3 is 0 Å². The first-order chi connectivity index (χ1) is 14.1. The summed E-state index contributed by atoms with van der Waals surface area (Å²) in [7, 11) is 1.06. The van der Waals surface area contributed by atoms with E-state index in [2.05, 4.69) is 96.2 Å². The van der Waals surface area contributed by atoms with Crippen molar-refractivity contribution in [2.45, 2.75) is 82.2 Å². The predicted octanol–water partition coefficient (Wildman–Crippen LogP) is 7.97. The van der Waals surface area contributed by atoms with Gasteiger partial charge in [0.25, 0.3) is 0 Å². The molecule has 0 aromatic heterocycles. The van der Waals surface area contributed by atoms with Gasteiger partial charge in [-0.2, -0.15) is 0 Å². The van der Waals surface area contributed by atoms with Crippen LogP contribution in [0.3, 0.4) is 0 Å². The molecule has 0 spiro atoms. The van der Waals surface area contributed by atoms with Crippen LogP contribution in [-0.4, -0.2) is 9.52 Å². The van der Waals surface area contributed by atoms with E-state index in [1.165, 1.54) is 35.1 Å². The van der Waals surface area contributed by atoms with Gasteiger partial charge in [-0.05, 0) is 68.1 Å². The summed E-state index contributed by atoms with van der Waals surface area (Å²) in [5.74, 6) is 0.586. The molecule has 0 nitrogen and oxygen atoms in total. The van der Waals surface area contributed by atoms with E-state index in [1.807, 2.05) is 0 Å². The van der Waals surface area contributed by atoms with Crippen LogP contribution in [0.25, 0.3) is 11.1 Å². The van der Waals surface area contributed by atoms with E-state index in [1.54, 1.807) is 16.7 Å². The van der Waals surface area contributed by atoms with Crippen molar-refractivity contribution in [3.05, 3.63) is 82.5 Å². The second-order valence-corrected chi connectivity index (χ2v) is 13.3. The molecule has 2 unspecified atom stereocenters. The highest BCUT2D eigenvalue weighted by Gasteiger charge is 2.43. The first-order valence-corrected chi connectivity index (χ1v) is 12.7. The van der Waals surface area contributed by atoms with Gasteiger partial charge in [-0.1, -0.05) is 102 Å². The first-order valence-electron chi connectivity index (χ1n) is 11.5. The highest BCUT2D eigenvalue weighted by molar-refractivity contribution is 6.45. The third kappa shape index (κ3) is 3.26. The molecule has 1 heterocycles. The minimum Gasteiger partial charge on any atom is -0.0805 e. The molecule has 0 saturated carbocycles. The van der Waals surface area contributed by atoms with Crippen LogP contribution in [0.1, 0.15) is 82.6 Å². The van der Waals surface area contributed by atoms with Crippen LogP contribution < -0.4 is 0 Å². The van der Waals surface area contributed by atoms with Crippen molar-refractivity contribution in [1.29, 1.82) is 0 Å². The molecule has 30 heavy (non-hydrogen) atoms. The molecule has 154 valence electrons. The Hall–Kier alpha value is -1.86. The number of benzene rings is 2. The molecule has 1 aliphatic heterocycles. The highest BCUT2D eigenvalue weighted by Crippen LogP contribution is 2.58. The van der Waals surface area contributed by atoms with Gasteiger partial charge in [0.2, 0.25) is 0 Å². The number of hydrogen-bond acceptors (Lipinski definition) is 0. The molecule has 2 atom stereocenters. The third-order valence-corrected chi connectivity index (χ3v) is 9.36. The summed E-state index contributed by atoms with van der Waals surface area (Å²) in [6.45, 7) is 14.0. The Morgan fingerprint density at radius 2 is 1.33 bits per heavy atom. The molecule has 1 fully saturated rings. The fraction of sp³-hybridized carbons (Fsp3) is 0.448. The van der Waals surface area contributed by atoms with Crippen molar-refractivity contribution in [3.8, 4) is 11.1 Å². The summed E-state index contributed by atoms with van der Waals surface area (Å²) in [5, 5.41) is 0. The largest absolute Gasteiger partial charge is 0.0805 e. The Bertz CT molecular complexity index is 985. The third-order valence-electron chi connectivity index (χ3n) is 7.35. The van der Waals surface area contributed by atoms with E-state index in [9.17, 15) is 0 Å². The number of rotatable bonds is 2. The lowest BCUT2D eigenvalue weighted by Gasteiger charge is -2.40. The average molecular weight is 411 g/mol. The maximum absolute atomic E-state index is 2.50. The van der Waals surface area contributed by atoms with E-state index in [0.717, 1.165) is 20.6 Å². The summed E-state index contributed by atoms with van der Waals surface area (Å²) in [6, 6.07) is 14.7. The first kappa shape index (κ1) is 20.1. The van der Waals surface area contributed by atoms with Crippen molar-refractivity contribution < 1.29 is 0 Å². The van der Waals surface area contributed by atoms with Crippen LogP contribution in [0, 0.1) is 0 Å². The number of hydrogen-bond donors (Lipinski definition) is 0. The molecule has 3 aliphatic rings. The molecular weight excluding hydrogens is 376 g/mol. The minimum absolute atomic E-state index is 0.181. The summed E-state index contributed by atoms with van der Waals surface area (Å²) < 4.78 is 0. The predicted molar refractivity (Wildman–Crippen MR) is 131 cm³/mol. The van der Waals surface area contributed by atoms with Gasteiger partial charge < -0.3 is 0 Å². The zero-order chi connectivity index (χ0) is 21.3. The SMILES string of the molecule is CC(C)(C)c1ccc2c(c1)-c1cc(C(C)(C)C)ccc1C2C1CC(C2=CC=CC2)[Si]1. The van der Waals surface area contributed by atoms with Gasteiger partial charge in [0.1, 0.15) is 0 Å². The summed E-state index contributed by atoms with van der Waals surface area (Å²) in [6.07, 6.45) is 9.48. The zero-order valence-corrected chi connectivity index (χ0v) is 20.3. The Balaban J connectivity index is 1.56. The highest BCUT2D eigenvalue weighted by atomic mass is 28.2. The van der Waals surface area contributed by atoms with Crippen LogP contribution in [-0.2, 0) is 10.8 Å². The van der Waals surface area contributed by atoms with Crippen molar-refractivity contribution in [2.24, 2.45) is 0 Å². The van der Waals surface area contributed by atoms with Crippen molar-refractivity contribution in [3.63, 3.8) is 0 Å². The molecule has 1 saturated heterocycles. The molecular formula is C29H34Si. The van der Waals surface area contributed by atoms with Crippen molar-refractivity contribution in [2.75, 3.05) is 0 Å². The molecule has 2 aromatic rings. The van der Waals surface area contributed by atoms with Crippen molar-refractivity contribution >= 4 is 9.52 Å². The topological polar surface area (TPSA) is 0 Å². The van der Waals surface area contributed by atoms with Gasteiger partial charge in [0.15, 0.2) is 0 Å². The molecule has 2 aromatic carbocycles. The maximum atomic E-state index is 2.50. The van der Waals surface area contributed by atoms with Gasteiger partial charge in [0, 0.05) is 5.92 Å². The summed E-state index contributed by atoms with van der Waals surface area (Å²) in [4.78, 5) is 0. The quantitative estimate of drug-likeness (QED) is 0.440.